The molecule has 6 nitrogen and oxygen atoms in total. The predicted molar refractivity (Wildman–Crippen MR) is 134 cm³/mol. The van der Waals surface area contributed by atoms with Crippen LogP contribution in [0.5, 0.6) is 11.5 Å². The van der Waals surface area contributed by atoms with E-state index in [-0.39, 0.29) is 17.1 Å². The van der Waals surface area contributed by atoms with E-state index in [0.717, 1.165) is 35.5 Å². The monoisotopic (exact) mass is 462 g/mol. The van der Waals surface area contributed by atoms with E-state index in [1.807, 2.05) is 49.4 Å². The molecular weight excluding hydrogens is 428 g/mol. The predicted octanol–water partition coefficient (Wildman–Crippen LogP) is 6.04. The molecule has 4 rings (SSSR count). The molecule has 34 heavy (non-hydrogen) atoms. The number of rotatable bonds is 6. The van der Waals surface area contributed by atoms with Crippen molar-refractivity contribution in [3.8, 4) is 11.5 Å². The number of allylic oxidation sites excluding steroid dienone is 1. The molecule has 1 heterocycles. The van der Waals surface area contributed by atoms with Gasteiger partial charge in [-0.05, 0) is 48.1 Å². The van der Waals surface area contributed by atoms with Crippen molar-refractivity contribution in [2.45, 2.75) is 59.4 Å². The van der Waals surface area contributed by atoms with E-state index < -0.39 is 6.04 Å². The number of ketones is 1. The summed E-state index contributed by atoms with van der Waals surface area (Å²) in [5.41, 5.74) is 3.80. The fraction of sp³-hybridized carbons (Fsp3) is 0.429. The van der Waals surface area contributed by atoms with E-state index in [0.29, 0.717) is 36.5 Å². The zero-order valence-electron chi connectivity index (χ0n) is 20.7. The van der Waals surface area contributed by atoms with Crippen molar-refractivity contribution in [3.05, 3.63) is 59.3 Å². The largest absolute Gasteiger partial charge is 0.493 e. The second-order valence-corrected chi connectivity index (χ2v) is 9.75. The van der Waals surface area contributed by atoms with E-state index in [1.165, 1.54) is 0 Å². The first-order valence-corrected chi connectivity index (χ1v) is 12.0. The molecule has 1 aliphatic heterocycles. The molecule has 2 aromatic carbocycles. The topological polar surface area (TPSA) is 67.9 Å². The molecule has 0 spiro atoms. The van der Waals surface area contributed by atoms with Crippen molar-refractivity contribution in [1.29, 1.82) is 0 Å². The standard InChI is InChI=1S/C28H34N2O4/c1-6-14-34-23-13-12-18(15-24(23)33-5)27-26-20(16-28(3,4)17-22(26)31)29-19-10-8-9-11-21(19)30(27)25(32)7-2/h8-13,15,27,29H,6-7,14,16-17H2,1-5H3. The first kappa shape index (κ1) is 23.9. The van der Waals surface area contributed by atoms with Gasteiger partial charge in [0.25, 0.3) is 0 Å². The van der Waals surface area contributed by atoms with Gasteiger partial charge in [-0.15, -0.1) is 0 Å². The van der Waals surface area contributed by atoms with Gasteiger partial charge in [-0.1, -0.05) is 45.9 Å². The first-order chi connectivity index (χ1) is 16.3. The molecule has 2 aromatic rings. The number of para-hydroxylation sites is 2. The van der Waals surface area contributed by atoms with Crippen LogP contribution >= 0.6 is 0 Å². The Hall–Kier alpha value is -3.28. The molecular formula is C28H34N2O4. The summed E-state index contributed by atoms with van der Waals surface area (Å²) in [6.45, 7) is 8.71. The van der Waals surface area contributed by atoms with E-state index in [4.69, 9.17) is 9.47 Å². The smallest absolute Gasteiger partial charge is 0.227 e. The quantitative estimate of drug-likeness (QED) is 0.567. The fourth-order valence-electron chi connectivity index (χ4n) is 4.93. The third-order valence-corrected chi connectivity index (χ3v) is 6.44. The molecule has 1 amide bonds. The van der Waals surface area contributed by atoms with E-state index in [1.54, 1.807) is 12.0 Å². The highest BCUT2D eigenvalue weighted by atomic mass is 16.5. The SMILES string of the molecule is CCCOc1ccc(C2C3=C(CC(C)(C)CC3=O)Nc3ccccc3N2C(=O)CC)cc1OC. The fourth-order valence-corrected chi connectivity index (χ4v) is 4.93. The van der Waals surface area contributed by atoms with Crippen molar-refractivity contribution in [1.82, 2.24) is 0 Å². The minimum Gasteiger partial charge on any atom is -0.493 e. The Labute approximate surface area is 201 Å². The van der Waals surface area contributed by atoms with Gasteiger partial charge in [-0.3, -0.25) is 14.5 Å². The van der Waals surface area contributed by atoms with Crippen molar-refractivity contribution < 1.29 is 19.1 Å². The van der Waals surface area contributed by atoms with Gasteiger partial charge >= 0.3 is 0 Å². The summed E-state index contributed by atoms with van der Waals surface area (Å²) in [4.78, 5) is 28.9. The van der Waals surface area contributed by atoms with Crippen LogP contribution < -0.4 is 19.7 Å². The summed E-state index contributed by atoms with van der Waals surface area (Å²) in [6.07, 6.45) is 2.36. The van der Waals surface area contributed by atoms with Crippen molar-refractivity contribution in [2.24, 2.45) is 5.41 Å². The van der Waals surface area contributed by atoms with Gasteiger partial charge in [0.1, 0.15) is 0 Å². The zero-order valence-corrected chi connectivity index (χ0v) is 20.7. The molecule has 1 atom stereocenters. The summed E-state index contributed by atoms with van der Waals surface area (Å²) >= 11 is 0. The highest BCUT2D eigenvalue weighted by Gasteiger charge is 2.43. The Morgan fingerprint density at radius 2 is 1.88 bits per heavy atom. The number of nitrogens with zero attached hydrogens (tertiary/aromatic N) is 1. The molecule has 6 heteroatoms. The summed E-state index contributed by atoms with van der Waals surface area (Å²) < 4.78 is 11.5. The average Bonchev–Trinajstić information content (AvgIpc) is 2.95. The minimum atomic E-state index is -0.559. The summed E-state index contributed by atoms with van der Waals surface area (Å²) in [5, 5.41) is 3.53. The lowest BCUT2D eigenvalue weighted by molar-refractivity contribution is -0.119. The number of benzene rings is 2. The number of anilines is 2. The normalized spacial score (nSPS) is 19.0. The van der Waals surface area contributed by atoms with Crippen LogP contribution in [0.2, 0.25) is 0 Å². The Morgan fingerprint density at radius 1 is 1.12 bits per heavy atom. The van der Waals surface area contributed by atoms with Gasteiger partial charge in [0.2, 0.25) is 5.91 Å². The van der Waals surface area contributed by atoms with Gasteiger partial charge in [-0.25, -0.2) is 0 Å². The number of nitrogens with one attached hydrogen (secondary N) is 1. The molecule has 180 valence electrons. The Kier molecular flexibility index (Phi) is 6.69. The van der Waals surface area contributed by atoms with Gasteiger partial charge < -0.3 is 14.8 Å². The average molecular weight is 463 g/mol. The maximum atomic E-state index is 13.7. The van der Waals surface area contributed by atoms with Crippen LogP contribution in [0.1, 0.15) is 65.0 Å². The summed E-state index contributed by atoms with van der Waals surface area (Å²) in [7, 11) is 1.61. The second-order valence-electron chi connectivity index (χ2n) is 9.75. The number of carbonyl (C=O) groups excluding carboxylic acids is 2. The lowest BCUT2D eigenvalue weighted by atomic mass is 9.73. The molecule has 1 aliphatic carbocycles. The number of methoxy groups -OCH3 is 1. The van der Waals surface area contributed by atoms with Gasteiger partial charge in [0.15, 0.2) is 17.3 Å². The molecule has 1 N–H and O–H groups in total. The lowest BCUT2D eigenvalue weighted by Crippen LogP contribution is -2.39. The maximum absolute atomic E-state index is 13.7. The second kappa shape index (κ2) is 9.53. The Balaban J connectivity index is 1.96. The summed E-state index contributed by atoms with van der Waals surface area (Å²) in [5.74, 6) is 1.26. The number of hydrogen-bond acceptors (Lipinski definition) is 5. The van der Waals surface area contributed by atoms with Crippen LogP contribution in [0.25, 0.3) is 0 Å². The van der Waals surface area contributed by atoms with Gasteiger partial charge in [0.05, 0.1) is 31.1 Å². The highest BCUT2D eigenvalue weighted by Crippen LogP contribution is 2.49. The molecule has 1 unspecified atom stereocenters. The van der Waals surface area contributed by atoms with Gasteiger partial charge in [-0.2, -0.15) is 0 Å². The number of hydrogen-bond donors (Lipinski definition) is 1. The van der Waals surface area contributed by atoms with Crippen LogP contribution in [0.15, 0.2) is 53.7 Å². The lowest BCUT2D eigenvalue weighted by Gasteiger charge is -2.37. The maximum Gasteiger partial charge on any atom is 0.227 e. The summed E-state index contributed by atoms with van der Waals surface area (Å²) in [6, 6.07) is 12.9. The Morgan fingerprint density at radius 3 is 2.59 bits per heavy atom. The van der Waals surface area contributed by atoms with E-state index in [9.17, 15) is 9.59 Å². The molecule has 0 saturated carbocycles. The van der Waals surface area contributed by atoms with Crippen LogP contribution in [0, 0.1) is 5.41 Å². The van der Waals surface area contributed by atoms with Crippen LogP contribution in [-0.2, 0) is 9.59 Å². The number of fused-ring (bicyclic) bond motifs is 1. The number of ether oxygens (including phenoxy) is 2. The van der Waals surface area contributed by atoms with Crippen molar-refractivity contribution >= 4 is 23.1 Å². The minimum absolute atomic E-state index is 0.0455. The highest BCUT2D eigenvalue weighted by molar-refractivity contribution is 6.06. The van der Waals surface area contributed by atoms with Gasteiger partial charge in [0, 0.05) is 24.1 Å². The van der Waals surface area contributed by atoms with Crippen LogP contribution in [0.3, 0.4) is 0 Å². The third-order valence-electron chi connectivity index (χ3n) is 6.44. The first-order valence-electron chi connectivity index (χ1n) is 12.0. The van der Waals surface area contributed by atoms with Crippen LogP contribution in [-0.4, -0.2) is 25.4 Å². The van der Waals surface area contributed by atoms with E-state index >= 15 is 0 Å². The van der Waals surface area contributed by atoms with Crippen molar-refractivity contribution in [2.75, 3.05) is 23.9 Å². The van der Waals surface area contributed by atoms with Crippen LogP contribution in [0.4, 0.5) is 11.4 Å². The number of amides is 1. The van der Waals surface area contributed by atoms with Crippen molar-refractivity contribution in [3.63, 3.8) is 0 Å². The van der Waals surface area contributed by atoms with E-state index in [2.05, 4.69) is 26.1 Å². The molecule has 0 saturated heterocycles. The number of Topliss-reactive ketones (excluding diaryl/α,β-unsaturated/α-hetero) is 1. The number of carbonyl (C=O) groups is 2. The molecule has 0 radical (unpaired) electrons. The molecule has 0 fully saturated rings. The molecule has 0 bridgehead atoms. The Bertz CT molecular complexity index is 1130. The molecule has 2 aliphatic rings. The molecule has 0 aromatic heterocycles. The third kappa shape index (κ3) is 4.41. The zero-order chi connectivity index (χ0) is 24.5.